The van der Waals surface area contributed by atoms with E-state index in [1.54, 1.807) is 0 Å². The van der Waals surface area contributed by atoms with Gasteiger partial charge in [-0.05, 0) is 52.4 Å². The topological polar surface area (TPSA) is 48.9 Å². The van der Waals surface area contributed by atoms with Crippen LogP contribution in [0.25, 0.3) is 0 Å². The molecular weight excluding hydrogens is 324 g/mol. The first-order valence-corrected chi connectivity index (χ1v) is 9.96. The number of unbranched alkanes of at least 4 members (excludes halogenated alkanes) is 1. The van der Waals surface area contributed by atoms with E-state index in [0.29, 0.717) is 0 Å². The fourth-order valence-corrected chi connectivity index (χ4v) is 3.50. The van der Waals surface area contributed by atoms with Crippen molar-refractivity contribution in [1.29, 1.82) is 0 Å². The van der Waals surface area contributed by atoms with Crippen molar-refractivity contribution in [3.8, 4) is 5.75 Å². The summed E-state index contributed by atoms with van der Waals surface area (Å²) in [6, 6.07) is 8.49. The van der Waals surface area contributed by atoms with Crippen molar-refractivity contribution in [1.82, 2.24) is 15.5 Å². The monoisotopic (exact) mass is 360 g/mol. The van der Waals surface area contributed by atoms with Gasteiger partial charge in [0.25, 0.3) is 0 Å². The van der Waals surface area contributed by atoms with Crippen molar-refractivity contribution in [3.63, 3.8) is 0 Å². The molecule has 0 saturated heterocycles. The number of fused-ring (bicyclic) bond motifs is 1. The van der Waals surface area contributed by atoms with Gasteiger partial charge in [0.1, 0.15) is 11.4 Å². The molecule has 0 aromatic heterocycles. The Kier molecular flexibility index (Phi) is 7.76. The third-order valence-electron chi connectivity index (χ3n) is 5.00. The SMILES string of the molecule is CCN(CC)CCCCNC(=NC)NC1CC(C)(C)Oc2ccccc21. The lowest BCUT2D eigenvalue weighted by atomic mass is 9.90. The van der Waals surface area contributed by atoms with Crippen LogP contribution >= 0.6 is 0 Å². The molecule has 0 spiro atoms. The summed E-state index contributed by atoms with van der Waals surface area (Å²) in [7, 11) is 1.83. The van der Waals surface area contributed by atoms with Crippen LogP contribution in [0.2, 0.25) is 0 Å². The molecule has 26 heavy (non-hydrogen) atoms. The molecule has 0 radical (unpaired) electrons. The number of nitrogens with zero attached hydrogens (tertiary/aromatic N) is 2. The Labute approximate surface area is 159 Å². The zero-order valence-corrected chi connectivity index (χ0v) is 17.1. The Balaban J connectivity index is 1.86. The molecule has 1 unspecified atom stereocenters. The number of hydrogen-bond acceptors (Lipinski definition) is 3. The van der Waals surface area contributed by atoms with Gasteiger partial charge >= 0.3 is 0 Å². The van der Waals surface area contributed by atoms with Gasteiger partial charge in [-0.25, -0.2) is 0 Å². The number of aliphatic imine (C=N–C) groups is 1. The zero-order valence-electron chi connectivity index (χ0n) is 17.1. The van der Waals surface area contributed by atoms with Crippen molar-refractivity contribution in [3.05, 3.63) is 29.8 Å². The van der Waals surface area contributed by atoms with Crippen LogP contribution in [-0.2, 0) is 0 Å². The zero-order chi connectivity index (χ0) is 19.0. The van der Waals surface area contributed by atoms with E-state index in [4.69, 9.17) is 4.74 Å². The molecular formula is C21H36N4O. The van der Waals surface area contributed by atoms with Gasteiger partial charge in [0.2, 0.25) is 0 Å². The van der Waals surface area contributed by atoms with Crippen molar-refractivity contribution in [2.24, 2.45) is 4.99 Å². The van der Waals surface area contributed by atoms with Crippen molar-refractivity contribution in [2.75, 3.05) is 33.2 Å². The Morgan fingerprint density at radius 2 is 1.96 bits per heavy atom. The second kappa shape index (κ2) is 9.81. The van der Waals surface area contributed by atoms with Gasteiger partial charge in [-0.15, -0.1) is 0 Å². The highest BCUT2D eigenvalue weighted by Crippen LogP contribution is 2.39. The smallest absolute Gasteiger partial charge is 0.191 e. The molecule has 0 bridgehead atoms. The number of benzene rings is 1. The van der Waals surface area contributed by atoms with Crippen LogP contribution in [0.15, 0.2) is 29.3 Å². The second-order valence-electron chi connectivity index (χ2n) is 7.53. The number of guanidine groups is 1. The molecule has 2 N–H and O–H groups in total. The van der Waals surface area contributed by atoms with Crippen LogP contribution in [0, 0.1) is 0 Å². The number of hydrogen-bond donors (Lipinski definition) is 2. The van der Waals surface area contributed by atoms with E-state index in [0.717, 1.165) is 44.2 Å². The molecule has 0 amide bonds. The molecule has 1 atom stereocenters. The summed E-state index contributed by atoms with van der Waals surface area (Å²) in [5.74, 6) is 1.83. The van der Waals surface area contributed by atoms with E-state index in [1.165, 1.54) is 18.5 Å². The Hall–Kier alpha value is -1.75. The second-order valence-corrected chi connectivity index (χ2v) is 7.53. The first-order chi connectivity index (χ1) is 12.5. The summed E-state index contributed by atoms with van der Waals surface area (Å²) in [4.78, 5) is 6.88. The van der Waals surface area contributed by atoms with Crippen molar-refractivity contribution >= 4 is 5.96 Å². The van der Waals surface area contributed by atoms with Gasteiger partial charge < -0.3 is 20.3 Å². The van der Waals surface area contributed by atoms with E-state index in [9.17, 15) is 0 Å². The maximum Gasteiger partial charge on any atom is 0.191 e. The maximum absolute atomic E-state index is 6.12. The highest BCUT2D eigenvalue weighted by molar-refractivity contribution is 5.80. The fourth-order valence-electron chi connectivity index (χ4n) is 3.50. The molecule has 0 saturated carbocycles. The average Bonchev–Trinajstić information content (AvgIpc) is 2.62. The number of rotatable bonds is 8. The standard InChI is InChI=1S/C21H36N4O/c1-6-25(7-2)15-11-10-14-23-20(22-5)24-18-16-21(3,4)26-19-13-9-8-12-17(18)19/h8-9,12-13,18H,6-7,10-11,14-16H2,1-5H3,(H2,22,23,24). The normalized spacial score (nSPS) is 19.0. The number of ether oxygens (including phenoxy) is 1. The van der Waals surface area contributed by atoms with E-state index >= 15 is 0 Å². The molecule has 2 rings (SSSR count). The minimum atomic E-state index is -0.186. The Morgan fingerprint density at radius 1 is 1.23 bits per heavy atom. The van der Waals surface area contributed by atoms with Crippen molar-refractivity contribution < 1.29 is 4.74 Å². The predicted octanol–water partition coefficient (Wildman–Crippen LogP) is 3.58. The fraction of sp³-hybridized carbons (Fsp3) is 0.667. The summed E-state index contributed by atoms with van der Waals surface area (Å²) in [5.41, 5.74) is 1.02. The lowest BCUT2D eigenvalue weighted by Crippen LogP contribution is -2.45. The van der Waals surface area contributed by atoms with Gasteiger partial charge in [-0.2, -0.15) is 0 Å². The summed E-state index contributed by atoms with van der Waals surface area (Å²) in [6.45, 7) is 13.1. The highest BCUT2D eigenvalue weighted by atomic mass is 16.5. The largest absolute Gasteiger partial charge is 0.487 e. The molecule has 1 aliphatic heterocycles. The van der Waals surface area contributed by atoms with Gasteiger partial charge in [0, 0.05) is 25.6 Å². The van der Waals surface area contributed by atoms with E-state index < -0.39 is 0 Å². The van der Waals surface area contributed by atoms with Crippen LogP contribution in [-0.4, -0.2) is 49.7 Å². The molecule has 0 aliphatic carbocycles. The summed E-state index contributed by atoms with van der Waals surface area (Å²) >= 11 is 0. The van der Waals surface area contributed by atoms with Gasteiger partial charge in [0.15, 0.2) is 5.96 Å². The van der Waals surface area contributed by atoms with Crippen LogP contribution in [0.3, 0.4) is 0 Å². The van der Waals surface area contributed by atoms with Crippen LogP contribution in [0.5, 0.6) is 5.75 Å². The summed E-state index contributed by atoms with van der Waals surface area (Å²) in [6.07, 6.45) is 3.26. The molecule has 5 heteroatoms. The first kappa shape index (κ1) is 20.6. The van der Waals surface area contributed by atoms with Gasteiger partial charge in [-0.3, -0.25) is 4.99 Å². The molecule has 1 aromatic carbocycles. The molecule has 1 heterocycles. The minimum absolute atomic E-state index is 0.186. The molecule has 0 fully saturated rings. The summed E-state index contributed by atoms with van der Waals surface area (Å²) in [5, 5.41) is 7.05. The van der Waals surface area contributed by atoms with Crippen LogP contribution in [0.1, 0.15) is 58.6 Å². The van der Waals surface area contributed by atoms with E-state index in [1.807, 2.05) is 19.2 Å². The average molecular weight is 361 g/mol. The van der Waals surface area contributed by atoms with Gasteiger partial charge in [-0.1, -0.05) is 32.0 Å². The Morgan fingerprint density at radius 3 is 2.65 bits per heavy atom. The first-order valence-electron chi connectivity index (χ1n) is 9.96. The number of nitrogens with one attached hydrogen (secondary N) is 2. The third kappa shape index (κ3) is 5.90. The Bertz CT molecular complexity index is 581. The maximum atomic E-state index is 6.12. The minimum Gasteiger partial charge on any atom is -0.487 e. The van der Waals surface area contributed by atoms with Crippen molar-refractivity contribution in [2.45, 2.75) is 58.6 Å². The lowest BCUT2D eigenvalue weighted by Gasteiger charge is -2.38. The van der Waals surface area contributed by atoms with E-state index in [-0.39, 0.29) is 11.6 Å². The molecule has 146 valence electrons. The molecule has 5 nitrogen and oxygen atoms in total. The van der Waals surface area contributed by atoms with Crippen LogP contribution < -0.4 is 15.4 Å². The third-order valence-corrected chi connectivity index (χ3v) is 5.00. The summed E-state index contributed by atoms with van der Waals surface area (Å²) < 4.78 is 6.12. The molecule has 1 aromatic rings. The molecule has 1 aliphatic rings. The van der Waals surface area contributed by atoms with E-state index in [2.05, 4.69) is 60.4 Å². The number of para-hydroxylation sites is 1. The van der Waals surface area contributed by atoms with Gasteiger partial charge in [0.05, 0.1) is 6.04 Å². The predicted molar refractivity (Wildman–Crippen MR) is 110 cm³/mol. The lowest BCUT2D eigenvalue weighted by molar-refractivity contribution is 0.0694. The quantitative estimate of drug-likeness (QED) is 0.423. The van der Waals surface area contributed by atoms with Crippen LogP contribution in [0.4, 0.5) is 0 Å². The highest BCUT2D eigenvalue weighted by Gasteiger charge is 2.33.